The van der Waals surface area contributed by atoms with Crippen LogP contribution in [-0.4, -0.2) is 24.0 Å². The van der Waals surface area contributed by atoms with Gasteiger partial charge in [-0.15, -0.1) is 0 Å². The van der Waals surface area contributed by atoms with Crippen LogP contribution in [0, 0.1) is 5.92 Å². The number of hydrogen-bond acceptors (Lipinski definition) is 3. The van der Waals surface area contributed by atoms with Gasteiger partial charge >= 0.3 is 0 Å². The number of carbonyl (C=O) groups excluding carboxylic acids is 1. The molecule has 0 unspecified atom stereocenters. The highest BCUT2D eigenvalue weighted by molar-refractivity contribution is 9.10. The van der Waals surface area contributed by atoms with Gasteiger partial charge in [-0.3, -0.25) is 4.79 Å². The molecule has 1 saturated heterocycles. The van der Waals surface area contributed by atoms with Crippen molar-refractivity contribution in [1.82, 2.24) is 4.98 Å². The van der Waals surface area contributed by atoms with Crippen molar-refractivity contribution >= 4 is 33.3 Å². The summed E-state index contributed by atoms with van der Waals surface area (Å²) in [5.74, 6) is 1.55. The summed E-state index contributed by atoms with van der Waals surface area (Å²) in [7, 11) is 0. The first-order valence-electron chi connectivity index (χ1n) is 7.90. The number of nitrogens with one attached hydrogen (secondary N) is 1. The lowest BCUT2D eigenvalue weighted by atomic mass is 9.99. The van der Waals surface area contributed by atoms with Crippen LogP contribution in [0.25, 0.3) is 0 Å². The van der Waals surface area contributed by atoms with E-state index in [9.17, 15) is 4.79 Å². The van der Waals surface area contributed by atoms with Crippen molar-refractivity contribution in [3.05, 3.63) is 52.6 Å². The standard InChI is InChI=1S/C18H20BrN3O/c1-13-6-9-22(10-7-13)17-11-14(5-8-20-17)18(23)21-16-4-2-3-15(19)12-16/h2-5,8,11-13H,6-7,9-10H2,1H3,(H,21,23). The number of rotatable bonds is 3. The minimum Gasteiger partial charge on any atom is -0.357 e. The van der Waals surface area contributed by atoms with Gasteiger partial charge in [-0.1, -0.05) is 28.9 Å². The molecule has 0 spiro atoms. The summed E-state index contributed by atoms with van der Waals surface area (Å²) >= 11 is 3.41. The Morgan fingerprint density at radius 1 is 1.26 bits per heavy atom. The Labute approximate surface area is 145 Å². The molecular formula is C18H20BrN3O. The molecule has 0 radical (unpaired) electrons. The molecule has 120 valence electrons. The molecule has 0 aliphatic carbocycles. The summed E-state index contributed by atoms with van der Waals surface area (Å²) in [4.78, 5) is 19.1. The molecule has 1 aromatic carbocycles. The van der Waals surface area contributed by atoms with Crippen molar-refractivity contribution < 1.29 is 4.79 Å². The number of carbonyl (C=O) groups is 1. The number of amides is 1. The average Bonchev–Trinajstić information content (AvgIpc) is 2.56. The summed E-state index contributed by atoms with van der Waals surface area (Å²) < 4.78 is 0.938. The molecule has 1 aliphatic rings. The number of anilines is 2. The Kier molecular flexibility index (Phi) is 4.96. The fourth-order valence-corrected chi connectivity index (χ4v) is 3.14. The third kappa shape index (κ3) is 4.10. The average molecular weight is 374 g/mol. The highest BCUT2D eigenvalue weighted by Crippen LogP contribution is 2.22. The SMILES string of the molecule is CC1CCN(c2cc(C(=O)Nc3cccc(Br)c3)ccn2)CC1. The van der Waals surface area contributed by atoms with Gasteiger partial charge in [0.25, 0.3) is 5.91 Å². The maximum absolute atomic E-state index is 12.4. The Bertz CT molecular complexity index is 696. The van der Waals surface area contributed by atoms with Crippen LogP contribution in [0.3, 0.4) is 0 Å². The lowest BCUT2D eigenvalue weighted by molar-refractivity contribution is 0.102. The van der Waals surface area contributed by atoms with Crippen LogP contribution in [-0.2, 0) is 0 Å². The smallest absolute Gasteiger partial charge is 0.255 e. The van der Waals surface area contributed by atoms with E-state index in [0.29, 0.717) is 5.56 Å². The molecule has 2 heterocycles. The molecule has 1 N–H and O–H groups in total. The summed E-state index contributed by atoms with van der Waals surface area (Å²) in [5, 5.41) is 2.92. The molecule has 1 aromatic heterocycles. The van der Waals surface area contributed by atoms with Crippen molar-refractivity contribution in [1.29, 1.82) is 0 Å². The number of benzene rings is 1. The predicted molar refractivity (Wildman–Crippen MR) is 96.9 cm³/mol. The van der Waals surface area contributed by atoms with E-state index in [1.807, 2.05) is 30.3 Å². The zero-order chi connectivity index (χ0) is 16.2. The second-order valence-electron chi connectivity index (χ2n) is 6.04. The van der Waals surface area contributed by atoms with Crippen molar-refractivity contribution in [3.63, 3.8) is 0 Å². The van der Waals surface area contributed by atoms with E-state index >= 15 is 0 Å². The molecule has 3 rings (SSSR count). The van der Waals surface area contributed by atoms with E-state index in [-0.39, 0.29) is 5.91 Å². The fraction of sp³-hybridized carbons (Fsp3) is 0.333. The second kappa shape index (κ2) is 7.13. The van der Waals surface area contributed by atoms with E-state index in [4.69, 9.17) is 0 Å². The first-order valence-corrected chi connectivity index (χ1v) is 8.69. The number of nitrogens with zero attached hydrogens (tertiary/aromatic N) is 2. The van der Waals surface area contributed by atoms with E-state index in [0.717, 1.165) is 35.0 Å². The van der Waals surface area contributed by atoms with Gasteiger partial charge in [-0.2, -0.15) is 0 Å². The lowest BCUT2D eigenvalue weighted by Gasteiger charge is -2.31. The van der Waals surface area contributed by atoms with Gasteiger partial charge in [0.2, 0.25) is 0 Å². The number of hydrogen-bond donors (Lipinski definition) is 1. The number of halogens is 1. The Morgan fingerprint density at radius 2 is 2.04 bits per heavy atom. The first kappa shape index (κ1) is 16.0. The molecule has 23 heavy (non-hydrogen) atoms. The van der Waals surface area contributed by atoms with E-state index in [2.05, 4.69) is 38.1 Å². The number of piperidine rings is 1. The largest absolute Gasteiger partial charge is 0.357 e. The highest BCUT2D eigenvalue weighted by Gasteiger charge is 2.18. The monoisotopic (exact) mass is 373 g/mol. The van der Waals surface area contributed by atoms with Crippen LogP contribution >= 0.6 is 15.9 Å². The van der Waals surface area contributed by atoms with Crippen molar-refractivity contribution in [2.75, 3.05) is 23.3 Å². The first-order chi connectivity index (χ1) is 11.1. The molecule has 5 heteroatoms. The van der Waals surface area contributed by atoms with Gasteiger partial charge in [0, 0.05) is 35.0 Å². The van der Waals surface area contributed by atoms with Crippen molar-refractivity contribution in [2.45, 2.75) is 19.8 Å². The second-order valence-corrected chi connectivity index (χ2v) is 6.95. The molecule has 1 fully saturated rings. The van der Waals surface area contributed by atoms with E-state index in [1.165, 1.54) is 12.8 Å². The van der Waals surface area contributed by atoms with Crippen LogP contribution in [0.4, 0.5) is 11.5 Å². The normalized spacial score (nSPS) is 15.5. The Morgan fingerprint density at radius 3 is 2.78 bits per heavy atom. The van der Waals surface area contributed by atoms with Crippen molar-refractivity contribution in [2.24, 2.45) is 5.92 Å². The summed E-state index contributed by atoms with van der Waals surface area (Å²) in [6.45, 7) is 4.29. The maximum atomic E-state index is 12.4. The van der Waals surface area contributed by atoms with Crippen LogP contribution in [0.5, 0.6) is 0 Å². The molecule has 0 bridgehead atoms. The Balaban J connectivity index is 1.72. The zero-order valence-electron chi connectivity index (χ0n) is 13.1. The summed E-state index contributed by atoms with van der Waals surface area (Å²) in [6.07, 6.45) is 4.06. The topological polar surface area (TPSA) is 45.2 Å². The third-order valence-corrected chi connectivity index (χ3v) is 4.69. The molecule has 1 aliphatic heterocycles. The van der Waals surface area contributed by atoms with Gasteiger partial charge in [-0.25, -0.2) is 4.98 Å². The molecule has 1 amide bonds. The predicted octanol–water partition coefficient (Wildman–Crippen LogP) is 4.33. The zero-order valence-corrected chi connectivity index (χ0v) is 14.7. The van der Waals surface area contributed by atoms with Gasteiger partial charge in [-0.05, 0) is 49.1 Å². The minimum atomic E-state index is -0.114. The minimum absolute atomic E-state index is 0.114. The summed E-state index contributed by atoms with van der Waals surface area (Å²) in [6, 6.07) is 11.2. The van der Waals surface area contributed by atoms with Gasteiger partial charge in [0.05, 0.1) is 0 Å². The molecule has 4 nitrogen and oxygen atoms in total. The third-order valence-electron chi connectivity index (χ3n) is 4.20. The molecule has 0 atom stereocenters. The summed E-state index contributed by atoms with van der Waals surface area (Å²) in [5.41, 5.74) is 1.41. The number of aromatic nitrogens is 1. The number of pyridine rings is 1. The van der Waals surface area contributed by atoms with Crippen LogP contribution in [0.15, 0.2) is 47.1 Å². The maximum Gasteiger partial charge on any atom is 0.255 e. The fourth-order valence-electron chi connectivity index (χ4n) is 2.74. The van der Waals surface area contributed by atoms with Crippen LogP contribution in [0.2, 0.25) is 0 Å². The molecular weight excluding hydrogens is 354 g/mol. The van der Waals surface area contributed by atoms with Gasteiger partial charge < -0.3 is 10.2 Å². The lowest BCUT2D eigenvalue weighted by Crippen LogP contribution is -2.33. The molecule has 0 saturated carbocycles. The van der Waals surface area contributed by atoms with Crippen LogP contribution < -0.4 is 10.2 Å². The highest BCUT2D eigenvalue weighted by atomic mass is 79.9. The Hall–Kier alpha value is -1.88. The molecule has 2 aromatic rings. The van der Waals surface area contributed by atoms with Crippen LogP contribution in [0.1, 0.15) is 30.1 Å². The van der Waals surface area contributed by atoms with E-state index < -0.39 is 0 Å². The van der Waals surface area contributed by atoms with Gasteiger partial charge in [0.15, 0.2) is 0 Å². The quantitative estimate of drug-likeness (QED) is 0.870. The van der Waals surface area contributed by atoms with Gasteiger partial charge in [0.1, 0.15) is 5.82 Å². The van der Waals surface area contributed by atoms with Crippen molar-refractivity contribution in [3.8, 4) is 0 Å². The van der Waals surface area contributed by atoms with E-state index in [1.54, 1.807) is 12.3 Å².